The van der Waals surface area contributed by atoms with E-state index in [0.29, 0.717) is 6.61 Å². The van der Waals surface area contributed by atoms with E-state index in [2.05, 4.69) is 36.6 Å². The van der Waals surface area contributed by atoms with Crippen molar-refractivity contribution in [2.45, 2.75) is 4.90 Å². The second kappa shape index (κ2) is 8.39. The van der Waals surface area contributed by atoms with Crippen LogP contribution in [0.25, 0.3) is 0 Å². The molecule has 4 heteroatoms. The molecule has 0 aliphatic carbocycles. The maximum Gasteiger partial charge on any atom is 0.132 e. The monoisotopic (exact) mass is 254 g/mol. The SMILES string of the molecule is CSc1ccccc1OCCNCCN(C)C. The Kier molecular flexibility index (Phi) is 7.08. The summed E-state index contributed by atoms with van der Waals surface area (Å²) in [5.74, 6) is 0.981. The van der Waals surface area contributed by atoms with Crippen molar-refractivity contribution in [2.24, 2.45) is 0 Å². The number of likely N-dealkylation sites (N-methyl/N-ethyl adjacent to an activating group) is 1. The third-order valence-electron chi connectivity index (χ3n) is 2.34. The molecule has 96 valence electrons. The summed E-state index contributed by atoms with van der Waals surface area (Å²) in [5, 5.41) is 3.35. The van der Waals surface area contributed by atoms with E-state index in [9.17, 15) is 0 Å². The zero-order valence-electron chi connectivity index (χ0n) is 10.9. The number of rotatable bonds is 8. The molecule has 0 aliphatic rings. The topological polar surface area (TPSA) is 24.5 Å². The third kappa shape index (κ3) is 5.96. The first-order valence-electron chi connectivity index (χ1n) is 5.85. The van der Waals surface area contributed by atoms with Crippen molar-refractivity contribution in [1.82, 2.24) is 10.2 Å². The van der Waals surface area contributed by atoms with E-state index in [4.69, 9.17) is 4.74 Å². The van der Waals surface area contributed by atoms with Crippen LogP contribution >= 0.6 is 11.8 Å². The summed E-state index contributed by atoms with van der Waals surface area (Å²) in [5.41, 5.74) is 0. The average molecular weight is 254 g/mol. The molecule has 1 rings (SSSR count). The molecule has 0 radical (unpaired) electrons. The number of hydrogen-bond acceptors (Lipinski definition) is 4. The van der Waals surface area contributed by atoms with Crippen molar-refractivity contribution >= 4 is 11.8 Å². The summed E-state index contributed by atoms with van der Waals surface area (Å²) < 4.78 is 5.74. The van der Waals surface area contributed by atoms with Gasteiger partial charge in [-0.3, -0.25) is 0 Å². The van der Waals surface area contributed by atoms with E-state index in [1.165, 1.54) is 4.90 Å². The summed E-state index contributed by atoms with van der Waals surface area (Å²) in [7, 11) is 4.15. The highest BCUT2D eigenvalue weighted by Gasteiger charge is 2.00. The molecule has 0 aliphatic heterocycles. The summed E-state index contributed by atoms with van der Waals surface area (Å²) >= 11 is 1.72. The van der Waals surface area contributed by atoms with Gasteiger partial charge in [0.05, 0.1) is 0 Å². The van der Waals surface area contributed by atoms with Crippen LogP contribution in [0.1, 0.15) is 0 Å². The largest absolute Gasteiger partial charge is 0.491 e. The van der Waals surface area contributed by atoms with Gasteiger partial charge in [0.15, 0.2) is 0 Å². The van der Waals surface area contributed by atoms with Crippen molar-refractivity contribution in [1.29, 1.82) is 0 Å². The number of ether oxygens (including phenoxy) is 1. The Labute approximate surface area is 109 Å². The average Bonchev–Trinajstić information content (AvgIpc) is 2.33. The van der Waals surface area contributed by atoms with Gasteiger partial charge in [0.2, 0.25) is 0 Å². The third-order valence-corrected chi connectivity index (χ3v) is 3.12. The number of hydrogen-bond donors (Lipinski definition) is 1. The van der Waals surface area contributed by atoms with Gasteiger partial charge in [-0.05, 0) is 32.5 Å². The van der Waals surface area contributed by atoms with E-state index in [1.54, 1.807) is 11.8 Å². The zero-order chi connectivity index (χ0) is 12.5. The molecule has 0 amide bonds. The summed E-state index contributed by atoms with van der Waals surface area (Å²) in [6.45, 7) is 3.66. The fourth-order valence-corrected chi connectivity index (χ4v) is 1.94. The van der Waals surface area contributed by atoms with Crippen molar-refractivity contribution in [3.63, 3.8) is 0 Å². The summed E-state index contributed by atoms with van der Waals surface area (Å²) in [6, 6.07) is 8.15. The van der Waals surface area contributed by atoms with Crippen LogP contribution in [0.5, 0.6) is 5.75 Å². The van der Waals surface area contributed by atoms with E-state index in [1.807, 2.05) is 18.2 Å². The van der Waals surface area contributed by atoms with Crippen LogP contribution in [-0.4, -0.2) is 51.5 Å². The first kappa shape index (κ1) is 14.4. The molecular formula is C13H22N2OS. The van der Waals surface area contributed by atoms with Crippen LogP contribution in [0.15, 0.2) is 29.2 Å². The van der Waals surface area contributed by atoms with E-state index < -0.39 is 0 Å². The number of para-hydroxylation sites is 1. The van der Waals surface area contributed by atoms with Gasteiger partial charge < -0.3 is 15.0 Å². The van der Waals surface area contributed by atoms with E-state index in [-0.39, 0.29) is 0 Å². The maximum absolute atomic E-state index is 5.74. The molecule has 3 nitrogen and oxygen atoms in total. The molecule has 1 aromatic carbocycles. The predicted molar refractivity (Wildman–Crippen MR) is 75.1 cm³/mol. The lowest BCUT2D eigenvalue weighted by Gasteiger charge is -2.12. The molecule has 0 bridgehead atoms. The number of nitrogens with zero attached hydrogens (tertiary/aromatic N) is 1. The Morgan fingerprint density at radius 1 is 1.24 bits per heavy atom. The number of nitrogens with one attached hydrogen (secondary N) is 1. The molecule has 0 heterocycles. The molecule has 1 N–H and O–H groups in total. The van der Waals surface area contributed by atoms with Crippen molar-refractivity contribution in [3.8, 4) is 5.75 Å². The minimum Gasteiger partial charge on any atom is -0.491 e. The van der Waals surface area contributed by atoms with Crippen LogP contribution in [0.2, 0.25) is 0 Å². The minimum atomic E-state index is 0.713. The zero-order valence-corrected chi connectivity index (χ0v) is 11.7. The van der Waals surface area contributed by atoms with Crippen LogP contribution in [0.3, 0.4) is 0 Å². The summed E-state index contributed by atoms with van der Waals surface area (Å²) in [4.78, 5) is 3.36. The van der Waals surface area contributed by atoms with Crippen molar-refractivity contribution < 1.29 is 4.74 Å². The van der Waals surface area contributed by atoms with Crippen LogP contribution in [0, 0.1) is 0 Å². The highest BCUT2D eigenvalue weighted by Crippen LogP contribution is 2.26. The van der Waals surface area contributed by atoms with Gasteiger partial charge >= 0.3 is 0 Å². The highest BCUT2D eigenvalue weighted by molar-refractivity contribution is 7.98. The van der Waals surface area contributed by atoms with Gasteiger partial charge in [0, 0.05) is 24.5 Å². The highest BCUT2D eigenvalue weighted by atomic mass is 32.2. The van der Waals surface area contributed by atoms with Gasteiger partial charge in [-0.15, -0.1) is 11.8 Å². The molecule has 0 fully saturated rings. The molecular weight excluding hydrogens is 232 g/mol. The quantitative estimate of drug-likeness (QED) is 0.566. The smallest absolute Gasteiger partial charge is 0.132 e. The molecule has 0 aromatic heterocycles. The molecule has 0 atom stereocenters. The molecule has 0 unspecified atom stereocenters. The molecule has 1 aromatic rings. The molecule has 17 heavy (non-hydrogen) atoms. The lowest BCUT2D eigenvalue weighted by atomic mass is 10.3. The molecule has 0 saturated heterocycles. The fourth-order valence-electron chi connectivity index (χ4n) is 1.40. The standard InChI is InChI=1S/C13H22N2OS/c1-15(2)10-8-14-9-11-16-12-6-4-5-7-13(12)17-3/h4-7,14H,8-11H2,1-3H3. The van der Waals surface area contributed by atoms with Gasteiger partial charge in [-0.1, -0.05) is 12.1 Å². The van der Waals surface area contributed by atoms with Crippen LogP contribution < -0.4 is 10.1 Å². The second-order valence-electron chi connectivity index (χ2n) is 4.05. The lowest BCUT2D eigenvalue weighted by Crippen LogP contribution is -2.29. The van der Waals surface area contributed by atoms with E-state index in [0.717, 1.165) is 25.4 Å². The van der Waals surface area contributed by atoms with Crippen molar-refractivity contribution in [3.05, 3.63) is 24.3 Å². The molecule has 0 saturated carbocycles. The fraction of sp³-hybridized carbons (Fsp3) is 0.538. The van der Waals surface area contributed by atoms with Gasteiger partial charge in [0.1, 0.15) is 12.4 Å². The number of thioether (sulfide) groups is 1. The van der Waals surface area contributed by atoms with Crippen LogP contribution in [0.4, 0.5) is 0 Å². The Hall–Kier alpha value is -0.710. The normalized spacial score (nSPS) is 10.8. The Morgan fingerprint density at radius 3 is 2.71 bits per heavy atom. The van der Waals surface area contributed by atoms with Gasteiger partial charge in [-0.2, -0.15) is 0 Å². The number of benzene rings is 1. The maximum atomic E-state index is 5.74. The Balaban J connectivity index is 2.17. The predicted octanol–water partition coefficient (Wildman–Crippen LogP) is 1.94. The van der Waals surface area contributed by atoms with Crippen molar-refractivity contribution in [2.75, 3.05) is 46.6 Å². The lowest BCUT2D eigenvalue weighted by molar-refractivity contribution is 0.302. The minimum absolute atomic E-state index is 0.713. The second-order valence-corrected chi connectivity index (χ2v) is 4.90. The molecule has 0 spiro atoms. The van der Waals surface area contributed by atoms with Crippen LogP contribution in [-0.2, 0) is 0 Å². The first-order valence-corrected chi connectivity index (χ1v) is 7.08. The Bertz CT molecular complexity index is 318. The van der Waals surface area contributed by atoms with Gasteiger partial charge in [-0.25, -0.2) is 0 Å². The van der Waals surface area contributed by atoms with Gasteiger partial charge in [0.25, 0.3) is 0 Å². The summed E-state index contributed by atoms with van der Waals surface area (Å²) in [6.07, 6.45) is 2.07. The Morgan fingerprint density at radius 2 is 2.00 bits per heavy atom. The first-order chi connectivity index (χ1) is 8.24. The van der Waals surface area contributed by atoms with E-state index >= 15 is 0 Å².